The molecule has 0 aliphatic rings. The third-order valence-corrected chi connectivity index (χ3v) is 2.63. The Bertz CT molecular complexity index is 472. The lowest BCUT2D eigenvalue weighted by atomic mass is 10.3. The quantitative estimate of drug-likeness (QED) is 0.640. The molecule has 8 nitrogen and oxygen atoms in total. The second kappa shape index (κ2) is 7.49. The number of nitrogens with one attached hydrogen (secondary N) is 1. The third-order valence-electron chi connectivity index (χ3n) is 2.63. The van der Waals surface area contributed by atoms with Gasteiger partial charge in [-0.15, -0.1) is 0 Å². The van der Waals surface area contributed by atoms with Crippen molar-refractivity contribution in [2.24, 2.45) is 7.05 Å². The van der Waals surface area contributed by atoms with Gasteiger partial charge < -0.3 is 20.7 Å². The van der Waals surface area contributed by atoms with E-state index in [1.54, 1.807) is 20.4 Å². The zero-order chi connectivity index (χ0) is 15.1. The summed E-state index contributed by atoms with van der Waals surface area (Å²) in [6.45, 7) is 1.06. The summed E-state index contributed by atoms with van der Waals surface area (Å²) in [7, 11) is 4.81. The van der Waals surface area contributed by atoms with Gasteiger partial charge in [-0.2, -0.15) is 5.10 Å². The minimum Gasteiger partial charge on any atom is -0.396 e. The van der Waals surface area contributed by atoms with E-state index >= 15 is 0 Å². The molecule has 1 aromatic rings. The zero-order valence-corrected chi connectivity index (χ0v) is 12.0. The smallest absolute Gasteiger partial charge is 0.276 e. The minimum atomic E-state index is -0.379. The van der Waals surface area contributed by atoms with Crippen molar-refractivity contribution in [3.63, 3.8) is 0 Å². The summed E-state index contributed by atoms with van der Waals surface area (Å²) in [5, 5.41) is 6.68. The molecule has 1 heterocycles. The van der Waals surface area contributed by atoms with Crippen molar-refractivity contribution in [1.29, 1.82) is 0 Å². The van der Waals surface area contributed by atoms with Crippen LogP contribution in [-0.4, -0.2) is 60.3 Å². The number of rotatable bonds is 7. The number of anilines is 1. The van der Waals surface area contributed by atoms with Gasteiger partial charge in [-0.3, -0.25) is 14.3 Å². The molecule has 0 radical (unpaired) electrons. The van der Waals surface area contributed by atoms with Crippen LogP contribution < -0.4 is 11.1 Å². The average Bonchev–Trinajstić information content (AvgIpc) is 2.72. The lowest BCUT2D eigenvalue weighted by molar-refractivity contribution is -0.121. The van der Waals surface area contributed by atoms with Gasteiger partial charge in [-0.25, -0.2) is 0 Å². The number of carbonyl (C=O) groups excluding carboxylic acids is 2. The van der Waals surface area contributed by atoms with Gasteiger partial charge in [0.1, 0.15) is 0 Å². The van der Waals surface area contributed by atoms with Crippen molar-refractivity contribution in [2.75, 3.05) is 39.6 Å². The van der Waals surface area contributed by atoms with Gasteiger partial charge in [0.05, 0.1) is 12.2 Å². The van der Waals surface area contributed by atoms with Gasteiger partial charge in [0.25, 0.3) is 5.91 Å². The fourth-order valence-corrected chi connectivity index (χ4v) is 1.64. The predicted octanol–water partition coefficient (Wildman–Crippen LogP) is -0.773. The van der Waals surface area contributed by atoms with E-state index in [1.807, 2.05) is 0 Å². The van der Waals surface area contributed by atoms with Gasteiger partial charge in [-0.05, 0) is 6.42 Å². The highest BCUT2D eigenvalue weighted by Crippen LogP contribution is 2.10. The molecule has 1 aromatic heterocycles. The first-order valence-electron chi connectivity index (χ1n) is 6.26. The number of carbonyl (C=O) groups is 2. The number of hydrogen-bond donors (Lipinski definition) is 2. The number of hydrogen-bond acceptors (Lipinski definition) is 5. The molecule has 3 N–H and O–H groups in total. The highest BCUT2D eigenvalue weighted by atomic mass is 16.5. The largest absolute Gasteiger partial charge is 0.396 e. The predicted molar refractivity (Wildman–Crippen MR) is 74.1 cm³/mol. The molecular formula is C12H21N5O3. The molecule has 0 aliphatic carbocycles. The number of nitrogens with zero attached hydrogens (tertiary/aromatic N) is 3. The molecule has 2 amide bonds. The van der Waals surface area contributed by atoms with E-state index in [0.717, 1.165) is 6.42 Å². The van der Waals surface area contributed by atoms with Crippen molar-refractivity contribution in [2.45, 2.75) is 6.42 Å². The van der Waals surface area contributed by atoms with E-state index in [-0.39, 0.29) is 24.1 Å². The Kier molecular flexibility index (Phi) is 5.98. The summed E-state index contributed by atoms with van der Waals surface area (Å²) in [6, 6.07) is 0. The summed E-state index contributed by atoms with van der Waals surface area (Å²) in [6.07, 6.45) is 2.28. The Hall–Kier alpha value is -2.09. The van der Waals surface area contributed by atoms with Crippen LogP contribution in [0.5, 0.6) is 0 Å². The molecule has 0 aliphatic heterocycles. The first-order chi connectivity index (χ1) is 9.45. The third kappa shape index (κ3) is 4.54. The fraction of sp³-hybridized carbons (Fsp3) is 0.583. The molecule has 0 spiro atoms. The molecule has 0 unspecified atom stereocenters. The molecule has 8 heteroatoms. The van der Waals surface area contributed by atoms with Gasteiger partial charge >= 0.3 is 0 Å². The second-order valence-electron chi connectivity index (χ2n) is 4.46. The van der Waals surface area contributed by atoms with Crippen molar-refractivity contribution < 1.29 is 14.3 Å². The topological polar surface area (TPSA) is 102 Å². The number of nitrogens with two attached hydrogens (primary N) is 1. The second-order valence-corrected chi connectivity index (χ2v) is 4.46. The molecule has 1 rings (SSSR count). The molecule has 0 atom stereocenters. The monoisotopic (exact) mass is 283 g/mol. The van der Waals surface area contributed by atoms with Crippen molar-refractivity contribution in [1.82, 2.24) is 20.0 Å². The first-order valence-corrected chi connectivity index (χ1v) is 6.26. The maximum atomic E-state index is 12.1. The number of amides is 2. The van der Waals surface area contributed by atoms with Crippen LogP contribution in [0, 0.1) is 0 Å². The Labute approximate surface area is 117 Å². The van der Waals surface area contributed by atoms with Gasteiger partial charge in [0, 0.05) is 40.6 Å². The van der Waals surface area contributed by atoms with Gasteiger partial charge in [-0.1, -0.05) is 0 Å². The van der Waals surface area contributed by atoms with Crippen LogP contribution in [0.3, 0.4) is 0 Å². The number of aromatic nitrogens is 2. The number of nitrogen functional groups attached to an aromatic ring is 1. The number of likely N-dealkylation sites (N-methyl/N-ethyl adjacent to an activating group) is 1. The Morgan fingerprint density at radius 1 is 1.55 bits per heavy atom. The number of methoxy groups -OCH3 is 1. The maximum absolute atomic E-state index is 12.1. The maximum Gasteiger partial charge on any atom is 0.276 e. The van der Waals surface area contributed by atoms with Crippen LogP contribution in [0.15, 0.2) is 6.20 Å². The zero-order valence-electron chi connectivity index (χ0n) is 12.0. The van der Waals surface area contributed by atoms with Crippen LogP contribution in [0.2, 0.25) is 0 Å². The molecule has 0 aromatic carbocycles. The van der Waals surface area contributed by atoms with Gasteiger partial charge in [0.2, 0.25) is 5.91 Å². The average molecular weight is 283 g/mol. The van der Waals surface area contributed by atoms with Crippen LogP contribution >= 0.6 is 0 Å². The van der Waals surface area contributed by atoms with Crippen LogP contribution in [-0.2, 0) is 16.6 Å². The van der Waals surface area contributed by atoms with Gasteiger partial charge in [0.15, 0.2) is 5.69 Å². The highest BCUT2D eigenvalue weighted by Gasteiger charge is 2.20. The van der Waals surface area contributed by atoms with E-state index in [2.05, 4.69) is 10.4 Å². The fourth-order valence-electron chi connectivity index (χ4n) is 1.64. The van der Waals surface area contributed by atoms with Crippen LogP contribution in [0.1, 0.15) is 16.9 Å². The molecule has 0 saturated heterocycles. The Balaban J connectivity index is 2.45. The normalized spacial score (nSPS) is 10.3. The summed E-state index contributed by atoms with van der Waals surface area (Å²) in [4.78, 5) is 25.0. The van der Waals surface area contributed by atoms with Crippen molar-refractivity contribution >= 4 is 17.5 Å². The van der Waals surface area contributed by atoms with E-state index in [1.165, 1.54) is 16.6 Å². The summed E-state index contributed by atoms with van der Waals surface area (Å²) in [5.74, 6) is -0.610. The Morgan fingerprint density at radius 3 is 2.80 bits per heavy atom. The first kappa shape index (κ1) is 16.0. The van der Waals surface area contributed by atoms with E-state index in [0.29, 0.717) is 18.8 Å². The molecule has 0 fully saturated rings. The lowest BCUT2D eigenvalue weighted by Crippen LogP contribution is -2.39. The van der Waals surface area contributed by atoms with Crippen LogP contribution in [0.25, 0.3) is 0 Å². The minimum absolute atomic E-state index is 0.0399. The van der Waals surface area contributed by atoms with E-state index < -0.39 is 0 Å². The van der Waals surface area contributed by atoms with Crippen LogP contribution in [0.4, 0.5) is 5.69 Å². The van der Waals surface area contributed by atoms with Crippen molar-refractivity contribution in [3.8, 4) is 0 Å². The van der Waals surface area contributed by atoms with E-state index in [4.69, 9.17) is 10.5 Å². The highest BCUT2D eigenvalue weighted by molar-refractivity contribution is 5.98. The lowest BCUT2D eigenvalue weighted by Gasteiger charge is -2.15. The summed E-state index contributed by atoms with van der Waals surface area (Å²) < 4.78 is 6.34. The van der Waals surface area contributed by atoms with E-state index in [9.17, 15) is 9.59 Å². The molecule has 0 bridgehead atoms. The molecule has 0 saturated carbocycles. The number of aryl methyl sites for hydroxylation is 1. The molecule has 20 heavy (non-hydrogen) atoms. The molecule has 112 valence electrons. The summed E-state index contributed by atoms with van der Waals surface area (Å²) >= 11 is 0. The number of ether oxygens (including phenoxy) is 1. The summed E-state index contributed by atoms with van der Waals surface area (Å²) in [5.41, 5.74) is 6.13. The standard InChI is InChI=1S/C12H21N5O3/c1-16(8-10(18)14-5-4-6-20-3)12(19)11-9(13)7-17(2)15-11/h7H,4-6,8,13H2,1-3H3,(H,14,18). The Morgan fingerprint density at radius 2 is 2.25 bits per heavy atom. The molecular weight excluding hydrogens is 262 g/mol. The SMILES string of the molecule is COCCCNC(=O)CN(C)C(=O)c1nn(C)cc1N. The van der Waals surface area contributed by atoms with Crippen molar-refractivity contribution in [3.05, 3.63) is 11.9 Å².